The third kappa shape index (κ3) is 1.60. The lowest BCUT2D eigenvalue weighted by molar-refractivity contribution is -0.118. The van der Waals surface area contributed by atoms with E-state index in [1.165, 1.54) is 0 Å². The normalized spacial score (nSPS) is 22.8. The fraction of sp³-hybridized carbons (Fsp3) is 0.800. The zero-order valence-electron chi connectivity index (χ0n) is 4.68. The Kier molecular flexibility index (Phi) is 2.00. The number of hydrogen-bond donors (Lipinski definition) is 1. The third-order valence-corrected chi connectivity index (χ3v) is 1.11. The number of rotatable bonds is 0. The topological polar surface area (TPSA) is 43.2 Å². The van der Waals surface area contributed by atoms with E-state index in [1.807, 2.05) is 0 Å². The minimum Gasteiger partial charge on any atom is -0.298 e. The van der Waals surface area contributed by atoms with E-state index in [4.69, 9.17) is 0 Å². The van der Waals surface area contributed by atoms with Crippen molar-refractivity contribution in [2.45, 2.75) is 12.8 Å². The van der Waals surface area contributed by atoms with Crippen molar-refractivity contribution >= 4 is 5.78 Å². The Morgan fingerprint density at radius 1 is 1.62 bits per heavy atom. The van der Waals surface area contributed by atoms with Gasteiger partial charge in [-0.25, -0.2) is 5.43 Å². The van der Waals surface area contributed by atoms with Crippen LogP contribution in [0, 0.1) is 0 Å². The van der Waals surface area contributed by atoms with Gasteiger partial charge in [0.1, 0.15) is 5.78 Å². The second-order valence-electron chi connectivity index (χ2n) is 1.86. The van der Waals surface area contributed by atoms with Gasteiger partial charge >= 0.3 is 0 Å². The van der Waals surface area contributed by atoms with Gasteiger partial charge in [-0.2, -0.15) is 5.43 Å². The molecule has 1 aliphatic rings. The second-order valence-corrected chi connectivity index (χ2v) is 1.86. The number of nitrogens with zero attached hydrogens (tertiary/aromatic N) is 1. The highest BCUT2D eigenvalue weighted by molar-refractivity contribution is 5.80. The van der Waals surface area contributed by atoms with Crippen LogP contribution in [0.4, 0.5) is 0 Å². The fourth-order valence-electron chi connectivity index (χ4n) is 0.667. The molecule has 1 rings (SSSR count). The molecule has 3 nitrogen and oxygen atoms in total. The monoisotopic (exact) mass is 113 g/mol. The van der Waals surface area contributed by atoms with Gasteiger partial charge in [0.2, 0.25) is 0 Å². The predicted octanol–water partition coefficient (Wildman–Crippen LogP) is -0.542. The van der Waals surface area contributed by atoms with E-state index in [0.717, 1.165) is 13.0 Å². The van der Waals surface area contributed by atoms with Crippen molar-refractivity contribution in [1.29, 1.82) is 0 Å². The van der Waals surface area contributed by atoms with E-state index in [0.29, 0.717) is 13.0 Å². The van der Waals surface area contributed by atoms with Crippen LogP contribution in [0.25, 0.3) is 0 Å². The quantitative estimate of drug-likeness (QED) is 0.458. The summed E-state index contributed by atoms with van der Waals surface area (Å²) in [6.45, 7) is 1.21. The first-order valence-corrected chi connectivity index (χ1v) is 2.80. The second kappa shape index (κ2) is 2.79. The number of Topliss-reactive ketones (excluding diaryl/α,β-unsaturated/α-hetero) is 1. The molecule has 0 spiro atoms. The highest BCUT2D eigenvalue weighted by atomic mass is 16.1. The van der Waals surface area contributed by atoms with Gasteiger partial charge in [-0.1, -0.05) is 0 Å². The zero-order valence-corrected chi connectivity index (χ0v) is 4.68. The smallest absolute Gasteiger partial charge is 0.148 e. The number of ketones is 1. The van der Waals surface area contributed by atoms with Crippen LogP contribution in [-0.2, 0) is 4.79 Å². The summed E-state index contributed by atoms with van der Waals surface area (Å²) in [6.07, 6.45) is 1.60. The summed E-state index contributed by atoms with van der Waals surface area (Å²) in [4.78, 5) is 10.6. The van der Waals surface area contributed by atoms with E-state index >= 15 is 0 Å². The predicted molar refractivity (Wildman–Crippen MR) is 29.2 cm³/mol. The third-order valence-electron chi connectivity index (χ3n) is 1.11. The average molecular weight is 113 g/mol. The molecule has 8 heavy (non-hydrogen) atoms. The number of nitrogens with one attached hydrogen (secondary N) is 1. The number of carbonyl (C=O) groups is 1. The van der Waals surface area contributed by atoms with Crippen LogP contribution in [-0.4, -0.2) is 18.9 Å². The SMILES string of the molecule is O=C1CCC[N]NC1. The van der Waals surface area contributed by atoms with Crippen molar-refractivity contribution in [2.75, 3.05) is 13.1 Å². The average Bonchev–Trinajstić information content (AvgIpc) is 1.94. The van der Waals surface area contributed by atoms with Gasteiger partial charge in [-0.3, -0.25) is 4.79 Å². The lowest BCUT2D eigenvalue weighted by Gasteiger charge is -1.91. The van der Waals surface area contributed by atoms with Gasteiger partial charge in [-0.05, 0) is 6.42 Å². The molecule has 1 saturated heterocycles. The molecule has 0 atom stereocenters. The van der Waals surface area contributed by atoms with Crippen LogP contribution >= 0.6 is 0 Å². The summed E-state index contributed by atoms with van der Waals surface area (Å²) >= 11 is 0. The Morgan fingerprint density at radius 3 is 3.38 bits per heavy atom. The molecule has 45 valence electrons. The molecule has 0 amide bonds. The first kappa shape index (κ1) is 5.72. The molecule has 0 bridgehead atoms. The number of carbonyl (C=O) groups excluding carboxylic acids is 1. The van der Waals surface area contributed by atoms with Crippen LogP contribution in [0.1, 0.15) is 12.8 Å². The maximum atomic E-state index is 10.6. The minimum atomic E-state index is 0.270. The summed E-state index contributed by atoms with van der Waals surface area (Å²) < 4.78 is 0. The van der Waals surface area contributed by atoms with Crippen LogP contribution in [0.15, 0.2) is 0 Å². The van der Waals surface area contributed by atoms with Gasteiger partial charge < -0.3 is 0 Å². The molecule has 1 radical (unpaired) electrons. The van der Waals surface area contributed by atoms with Gasteiger partial charge in [0, 0.05) is 13.0 Å². The number of hydrogen-bond acceptors (Lipinski definition) is 2. The van der Waals surface area contributed by atoms with Gasteiger partial charge in [0.25, 0.3) is 0 Å². The Hall–Kier alpha value is -0.410. The van der Waals surface area contributed by atoms with E-state index < -0.39 is 0 Å². The highest BCUT2D eigenvalue weighted by Crippen LogP contribution is 1.90. The lowest BCUT2D eigenvalue weighted by Crippen LogP contribution is -2.26. The standard InChI is InChI=1S/C5H9N2O/c8-5-2-1-3-6-7-4-5/h7H,1-4H2. The molecule has 1 heterocycles. The molecule has 3 heteroatoms. The largest absolute Gasteiger partial charge is 0.298 e. The maximum absolute atomic E-state index is 10.6. The van der Waals surface area contributed by atoms with Crippen LogP contribution in [0.3, 0.4) is 0 Å². The Morgan fingerprint density at radius 2 is 2.50 bits per heavy atom. The molecule has 0 aromatic heterocycles. The molecular weight excluding hydrogens is 104 g/mol. The lowest BCUT2D eigenvalue weighted by atomic mass is 10.2. The maximum Gasteiger partial charge on any atom is 0.148 e. The first-order chi connectivity index (χ1) is 3.89. The van der Waals surface area contributed by atoms with Crippen molar-refractivity contribution in [3.8, 4) is 0 Å². The van der Waals surface area contributed by atoms with Crippen LogP contribution < -0.4 is 10.9 Å². The zero-order chi connectivity index (χ0) is 5.82. The molecule has 0 aliphatic carbocycles. The summed E-state index contributed by atoms with van der Waals surface area (Å²) in [7, 11) is 0. The minimum absolute atomic E-state index is 0.270. The first-order valence-electron chi connectivity index (χ1n) is 2.80. The Balaban J connectivity index is 2.27. The molecule has 0 aromatic carbocycles. The van der Waals surface area contributed by atoms with Crippen molar-refractivity contribution in [3.63, 3.8) is 0 Å². The molecule has 0 saturated carbocycles. The van der Waals surface area contributed by atoms with Crippen molar-refractivity contribution in [1.82, 2.24) is 10.9 Å². The molecule has 1 fully saturated rings. The Bertz CT molecular complexity index is 82.4. The van der Waals surface area contributed by atoms with E-state index in [9.17, 15) is 4.79 Å². The Labute approximate surface area is 48.4 Å². The van der Waals surface area contributed by atoms with Gasteiger partial charge in [0.15, 0.2) is 0 Å². The van der Waals surface area contributed by atoms with Gasteiger partial charge in [-0.15, -0.1) is 0 Å². The molecular formula is C5H9N2O. The molecule has 1 aliphatic heterocycles. The summed E-state index contributed by atoms with van der Waals surface area (Å²) in [6, 6.07) is 0. The molecule has 1 N–H and O–H groups in total. The van der Waals surface area contributed by atoms with Crippen LogP contribution in [0.2, 0.25) is 0 Å². The van der Waals surface area contributed by atoms with Crippen molar-refractivity contribution in [2.24, 2.45) is 0 Å². The van der Waals surface area contributed by atoms with Crippen molar-refractivity contribution < 1.29 is 4.79 Å². The van der Waals surface area contributed by atoms with Gasteiger partial charge in [0.05, 0.1) is 6.54 Å². The molecule has 0 aromatic rings. The van der Waals surface area contributed by atoms with Crippen molar-refractivity contribution in [3.05, 3.63) is 0 Å². The summed E-state index contributed by atoms with van der Waals surface area (Å²) in [5.41, 5.74) is 6.52. The summed E-state index contributed by atoms with van der Waals surface area (Å²) in [5, 5.41) is 0. The van der Waals surface area contributed by atoms with E-state index in [2.05, 4.69) is 10.9 Å². The van der Waals surface area contributed by atoms with E-state index in [-0.39, 0.29) is 5.78 Å². The van der Waals surface area contributed by atoms with E-state index in [1.54, 1.807) is 0 Å². The fourth-order valence-corrected chi connectivity index (χ4v) is 0.667. The van der Waals surface area contributed by atoms with Crippen LogP contribution in [0.5, 0.6) is 0 Å². The molecule has 0 unspecified atom stereocenters. The summed E-state index contributed by atoms with van der Waals surface area (Å²) in [5.74, 6) is 0.270. The highest BCUT2D eigenvalue weighted by Gasteiger charge is 2.04.